The van der Waals surface area contributed by atoms with Gasteiger partial charge >= 0.3 is 5.97 Å². The molecule has 0 aliphatic carbocycles. The number of ether oxygens (including phenoxy) is 1. The fourth-order valence-electron chi connectivity index (χ4n) is 3.32. The fraction of sp³-hybridized carbons (Fsp3) is 0.318. The van der Waals surface area contributed by atoms with Crippen LogP contribution in [0.1, 0.15) is 41.3 Å². The van der Waals surface area contributed by atoms with Crippen molar-refractivity contribution in [2.75, 3.05) is 11.9 Å². The van der Waals surface area contributed by atoms with Crippen LogP contribution in [0, 0.1) is 13.8 Å². The van der Waals surface area contributed by atoms with Crippen LogP contribution in [0.25, 0.3) is 0 Å². The average Bonchev–Trinajstić information content (AvgIpc) is 3.13. The van der Waals surface area contributed by atoms with Crippen molar-refractivity contribution in [2.24, 2.45) is 0 Å². The van der Waals surface area contributed by atoms with Crippen molar-refractivity contribution in [3.63, 3.8) is 0 Å². The number of hydrogen-bond acceptors (Lipinski definition) is 6. The van der Waals surface area contributed by atoms with Crippen LogP contribution in [0.2, 0.25) is 0 Å². The number of carbonyl (C=O) groups excluding carboxylic acids is 3. The molecule has 9 heteroatoms. The summed E-state index contributed by atoms with van der Waals surface area (Å²) in [6, 6.07) is 9.48. The second-order valence-electron chi connectivity index (χ2n) is 7.28. The van der Waals surface area contributed by atoms with Crippen molar-refractivity contribution in [1.82, 2.24) is 4.31 Å². The minimum absolute atomic E-state index is 0.0255. The standard InChI is InChI=1S/C22H24N2O6S/c1-4-30-22(27)16-6-8-17(9-7-16)23-21(26)19-11-12-20(25)24(19)31(28,29)18-10-5-14(2)15(3)13-18/h5-10,13,19H,4,11-12H2,1-3H3,(H,23,26). The van der Waals surface area contributed by atoms with Gasteiger partial charge in [0, 0.05) is 12.1 Å². The average molecular weight is 445 g/mol. The first-order chi connectivity index (χ1) is 14.6. The molecular weight excluding hydrogens is 420 g/mol. The Kier molecular flexibility index (Phi) is 6.45. The van der Waals surface area contributed by atoms with Crippen molar-refractivity contribution in [3.8, 4) is 0 Å². The number of benzene rings is 2. The third kappa shape index (κ3) is 4.61. The number of hydrogen-bond donors (Lipinski definition) is 1. The molecule has 1 unspecified atom stereocenters. The van der Waals surface area contributed by atoms with E-state index in [-0.39, 0.29) is 24.3 Å². The Labute approximate surface area is 181 Å². The molecule has 1 N–H and O–H groups in total. The third-order valence-corrected chi connectivity index (χ3v) is 6.99. The summed E-state index contributed by atoms with van der Waals surface area (Å²) in [7, 11) is -4.18. The van der Waals surface area contributed by atoms with Gasteiger partial charge in [0.25, 0.3) is 10.0 Å². The maximum Gasteiger partial charge on any atom is 0.338 e. The van der Waals surface area contributed by atoms with E-state index < -0.39 is 33.8 Å². The summed E-state index contributed by atoms with van der Waals surface area (Å²) < 4.78 is 31.9. The molecule has 3 rings (SSSR count). The molecule has 0 saturated carbocycles. The summed E-state index contributed by atoms with van der Waals surface area (Å²) in [5, 5.41) is 2.63. The fourth-order valence-corrected chi connectivity index (χ4v) is 5.01. The molecule has 31 heavy (non-hydrogen) atoms. The van der Waals surface area contributed by atoms with Crippen LogP contribution in [-0.2, 0) is 24.3 Å². The van der Waals surface area contributed by atoms with Gasteiger partial charge in [0.05, 0.1) is 17.1 Å². The Hall–Kier alpha value is -3.20. The smallest absolute Gasteiger partial charge is 0.338 e. The van der Waals surface area contributed by atoms with Crippen LogP contribution in [0.4, 0.5) is 5.69 Å². The minimum atomic E-state index is -4.18. The second kappa shape index (κ2) is 8.89. The van der Waals surface area contributed by atoms with E-state index in [9.17, 15) is 22.8 Å². The molecule has 1 fully saturated rings. The zero-order chi connectivity index (χ0) is 22.8. The second-order valence-corrected chi connectivity index (χ2v) is 9.10. The first-order valence-corrected chi connectivity index (χ1v) is 11.3. The molecule has 1 aliphatic rings. The van der Waals surface area contributed by atoms with Gasteiger partial charge in [0.1, 0.15) is 6.04 Å². The van der Waals surface area contributed by atoms with Gasteiger partial charge in [-0.2, -0.15) is 0 Å². The van der Waals surface area contributed by atoms with Crippen LogP contribution in [0.5, 0.6) is 0 Å². The first kappa shape index (κ1) is 22.5. The van der Waals surface area contributed by atoms with Crippen LogP contribution in [0.15, 0.2) is 47.4 Å². The molecular formula is C22H24N2O6S. The molecule has 1 saturated heterocycles. The summed E-state index contributed by atoms with van der Waals surface area (Å²) in [5.41, 5.74) is 2.40. The lowest BCUT2D eigenvalue weighted by atomic mass is 10.1. The Morgan fingerprint density at radius 1 is 1.10 bits per heavy atom. The van der Waals surface area contributed by atoms with Crippen LogP contribution < -0.4 is 5.32 Å². The van der Waals surface area contributed by atoms with E-state index >= 15 is 0 Å². The van der Waals surface area contributed by atoms with E-state index in [1.807, 2.05) is 6.92 Å². The molecule has 0 radical (unpaired) electrons. The van der Waals surface area contributed by atoms with Gasteiger partial charge in [-0.05, 0) is 74.7 Å². The van der Waals surface area contributed by atoms with Gasteiger partial charge in [0.15, 0.2) is 0 Å². The molecule has 1 heterocycles. The molecule has 1 atom stereocenters. The molecule has 164 valence electrons. The zero-order valence-electron chi connectivity index (χ0n) is 17.5. The van der Waals surface area contributed by atoms with Crippen LogP contribution in [-0.4, -0.2) is 43.2 Å². The lowest BCUT2D eigenvalue weighted by Gasteiger charge is -2.24. The van der Waals surface area contributed by atoms with E-state index in [4.69, 9.17) is 4.74 Å². The Morgan fingerprint density at radius 2 is 1.77 bits per heavy atom. The highest BCUT2D eigenvalue weighted by Gasteiger charge is 2.44. The third-order valence-electron chi connectivity index (χ3n) is 5.16. The van der Waals surface area contributed by atoms with Gasteiger partial charge in [-0.1, -0.05) is 6.07 Å². The van der Waals surface area contributed by atoms with E-state index in [0.717, 1.165) is 11.1 Å². The van der Waals surface area contributed by atoms with Crippen LogP contribution >= 0.6 is 0 Å². The number of nitrogens with one attached hydrogen (secondary N) is 1. The molecule has 0 aromatic heterocycles. The summed E-state index contributed by atoms with van der Waals surface area (Å²) in [5.74, 6) is -1.70. The molecule has 0 bridgehead atoms. The largest absolute Gasteiger partial charge is 0.462 e. The van der Waals surface area contributed by atoms with Gasteiger partial charge < -0.3 is 10.1 Å². The highest BCUT2D eigenvalue weighted by atomic mass is 32.2. The molecule has 2 aromatic rings. The van der Waals surface area contributed by atoms with E-state index in [1.165, 1.54) is 36.4 Å². The number of esters is 1. The van der Waals surface area contributed by atoms with Gasteiger partial charge in [-0.25, -0.2) is 17.5 Å². The minimum Gasteiger partial charge on any atom is -0.462 e. The normalized spacial score (nSPS) is 16.3. The summed E-state index contributed by atoms with van der Waals surface area (Å²) in [6.07, 6.45) is 0.0552. The highest BCUT2D eigenvalue weighted by molar-refractivity contribution is 7.89. The summed E-state index contributed by atoms with van der Waals surface area (Å²) in [4.78, 5) is 37.0. The monoisotopic (exact) mass is 444 g/mol. The van der Waals surface area contributed by atoms with Crippen LogP contribution in [0.3, 0.4) is 0 Å². The predicted octanol–water partition coefficient (Wildman–Crippen LogP) is 2.80. The maximum absolute atomic E-state index is 13.1. The first-order valence-electron chi connectivity index (χ1n) is 9.87. The number of nitrogens with zero attached hydrogens (tertiary/aromatic N) is 1. The summed E-state index contributed by atoms with van der Waals surface area (Å²) >= 11 is 0. The zero-order valence-corrected chi connectivity index (χ0v) is 18.4. The highest BCUT2D eigenvalue weighted by Crippen LogP contribution is 2.29. The summed E-state index contributed by atoms with van der Waals surface area (Å²) in [6.45, 7) is 5.59. The van der Waals surface area contributed by atoms with Crippen molar-refractivity contribution in [3.05, 3.63) is 59.2 Å². The molecule has 8 nitrogen and oxygen atoms in total. The molecule has 2 aromatic carbocycles. The van der Waals surface area contributed by atoms with E-state index in [0.29, 0.717) is 15.6 Å². The quantitative estimate of drug-likeness (QED) is 0.686. The Balaban J connectivity index is 1.81. The molecule has 0 spiro atoms. The Bertz CT molecular complexity index is 1130. The SMILES string of the molecule is CCOC(=O)c1ccc(NC(=O)C2CCC(=O)N2S(=O)(=O)c2ccc(C)c(C)c2)cc1. The number of amides is 2. The molecule has 2 amide bonds. The van der Waals surface area contributed by atoms with Gasteiger partial charge in [-0.3, -0.25) is 9.59 Å². The lowest BCUT2D eigenvalue weighted by Crippen LogP contribution is -2.45. The van der Waals surface area contributed by atoms with E-state index in [1.54, 1.807) is 19.9 Å². The van der Waals surface area contributed by atoms with E-state index in [2.05, 4.69) is 5.32 Å². The number of sulfonamides is 1. The Morgan fingerprint density at radius 3 is 2.39 bits per heavy atom. The molecule has 1 aliphatic heterocycles. The topological polar surface area (TPSA) is 110 Å². The van der Waals surface area contributed by atoms with Crippen molar-refractivity contribution < 1.29 is 27.5 Å². The number of anilines is 1. The van der Waals surface area contributed by atoms with Gasteiger partial charge in [0.2, 0.25) is 11.8 Å². The maximum atomic E-state index is 13.1. The van der Waals surface area contributed by atoms with Crippen molar-refractivity contribution in [2.45, 2.75) is 44.6 Å². The van der Waals surface area contributed by atoms with Gasteiger partial charge in [-0.15, -0.1) is 0 Å². The van der Waals surface area contributed by atoms with Crippen molar-refractivity contribution in [1.29, 1.82) is 0 Å². The predicted molar refractivity (Wildman–Crippen MR) is 114 cm³/mol. The van der Waals surface area contributed by atoms with Crippen molar-refractivity contribution >= 4 is 33.5 Å². The number of carbonyl (C=O) groups is 3. The number of rotatable bonds is 6. The number of aryl methyl sites for hydroxylation is 2. The lowest BCUT2D eigenvalue weighted by molar-refractivity contribution is -0.128.